The largest absolute Gasteiger partial charge is 0.497 e. The Labute approximate surface area is 114 Å². The number of nitrogen functional groups attached to an aromatic ring is 1. The van der Waals surface area contributed by atoms with Gasteiger partial charge in [0.15, 0.2) is 5.58 Å². The third-order valence-corrected chi connectivity index (χ3v) is 3.51. The topological polar surface area (TPSA) is 61.3 Å². The average molecular weight is 272 g/mol. The van der Waals surface area contributed by atoms with Gasteiger partial charge in [0.05, 0.1) is 7.11 Å². The van der Waals surface area contributed by atoms with E-state index in [1.54, 1.807) is 13.2 Å². The molecule has 0 amide bonds. The van der Waals surface area contributed by atoms with Gasteiger partial charge in [-0.1, -0.05) is 0 Å². The van der Waals surface area contributed by atoms with Gasteiger partial charge < -0.3 is 14.9 Å². The molecule has 3 rings (SSSR count). The molecule has 0 saturated carbocycles. The highest BCUT2D eigenvalue weighted by Gasteiger charge is 2.07. The van der Waals surface area contributed by atoms with Crippen LogP contribution in [0.5, 0.6) is 5.75 Å². The van der Waals surface area contributed by atoms with E-state index in [2.05, 4.69) is 4.98 Å². The number of ether oxygens (including phenoxy) is 1. The number of methoxy groups -OCH3 is 1. The van der Waals surface area contributed by atoms with E-state index in [1.807, 2.05) is 36.4 Å². The van der Waals surface area contributed by atoms with Gasteiger partial charge in [-0.3, -0.25) is 0 Å². The summed E-state index contributed by atoms with van der Waals surface area (Å²) in [6.45, 7) is 0. The van der Waals surface area contributed by atoms with E-state index in [0.717, 1.165) is 16.2 Å². The lowest BCUT2D eigenvalue weighted by molar-refractivity contribution is 0.414. The Morgan fingerprint density at radius 3 is 2.68 bits per heavy atom. The normalized spacial score (nSPS) is 10.8. The smallest absolute Gasteiger partial charge is 0.261 e. The highest BCUT2D eigenvalue weighted by molar-refractivity contribution is 7.99. The zero-order valence-electron chi connectivity index (χ0n) is 10.3. The van der Waals surface area contributed by atoms with Crippen molar-refractivity contribution in [3.05, 3.63) is 42.5 Å². The van der Waals surface area contributed by atoms with Crippen molar-refractivity contribution < 1.29 is 9.15 Å². The minimum absolute atomic E-state index is 0.603. The number of oxazole rings is 1. The molecule has 0 atom stereocenters. The fourth-order valence-corrected chi connectivity index (χ4v) is 2.46. The number of benzene rings is 2. The second kappa shape index (κ2) is 4.85. The molecule has 5 heteroatoms. The van der Waals surface area contributed by atoms with Crippen LogP contribution in [0.2, 0.25) is 0 Å². The first-order valence-corrected chi connectivity index (χ1v) is 6.54. The maximum Gasteiger partial charge on any atom is 0.261 e. The molecule has 0 saturated heterocycles. The Morgan fingerprint density at radius 2 is 1.95 bits per heavy atom. The van der Waals surface area contributed by atoms with E-state index >= 15 is 0 Å². The standard InChI is InChI=1S/C14H12N2O2S/c1-17-10-3-5-11(6-4-10)19-14-16-12-7-2-9(15)8-13(12)18-14/h2-8H,15H2,1H3. The van der Waals surface area contributed by atoms with Crippen molar-refractivity contribution >= 4 is 28.5 Å². The van der Waals surface area contributed by atoms with Crippen LogP contribution >= 0.6 is 11.8 Å². The quantitative estimate of drug-likeness (QED) is 0.738. The molecule has 0 unspecified atom stereocenters. The Bertz CT molecular complexity index is 707. The molecule has 1 heterocycles. The van der Waals surface area contributed by atoms with Crippen molar-refractivity contribution in [3.8, 4) is 5.75 Å². The Balaban J connectivity index is 1.87. The fourth-order valence-electron chi connectivity index (χ4n) is 1.71. The predicted molar refractivity (Wildman–Crippen MR) is 75.5 cm³/mol. The van der Waals surface area contributed by atoms with Gasteiger partial charge in [-0.25, -0.2) is 4.98 Å². The summed E-state index contributed by atoms with van der Waals surface area (Å²) in [6, 6.07) is 13.2. The van der Waals surface area contributed by atoms with Crippen LogP contribution in [0.25, 0.3) is 11.1 Å². The molecule has 1 aromatic heterocycles. The SMILES string of the molecule is COc1ccc(Sc2nc3ccc(N)cc3o2)cc1. The van der Waals surface area contributed by atoms with Crippen molar-refractivity contribution in [1.29, 1.82) is 0 Å². The molecular weight excluding hydrogens is 260 g/mol. The number of hydrogen-bond acceptors (Lipinski definition) is 5. The summed E-state index contributed by atoms with van der Waals surface area (Å²) >= 11 is 1.46. The van der Waals surface area contributed by atoms with Gasteiger partial charge in [-0.15, -0.1) is 0 Å². The zero-order chi connectivity index (χ0) is 13.2. The third kappa shape index (κ3) is 2.51. The summed E-state index contributed by atoms with van der Waals surface area (Å²) in [7, 11) is 1.65. The lowest BCUT2D eigenvalue weighted by Crippen LogP contribution is -1.81. The number of nitrogens with two attached hydrogens (primary N) is 1. The Morgan fingerprint density at radius 1 is 1.16 bits per heavy atom. The van der Waals surface area contributed by atoms with Crippen molar-refractivity contribution in [1.82, 2.24) is 4.98 Å². The number of hydrogen-bond donors (Lipinski definition) is 1. The van der Waals surface area contributed by atoms with E-state index in [-0.39, 0.29) is 0 Å². The lowest BCUT2D eigenvalue weighted by atomic mass is 10.3. The monoisotopic (exact) mass is 272 g/mol. The van der Waals surface area contributed by atoms with E-state index in [1.165, 1.54) is 11.8 Å². The van der Waals surface area contributed by atoms with Gasteiger partial charge in [0, 0.05) is 16.6 Å². The van der Waals surface area contributed by atoms with Gasteiger partial charge in [-0.2, -0.15) is 0 Å². The second-order valence-electron chi connectivity index (χ2n) is 3.98. The molecule has 0 spiro atoms. The first kappa shape index (κ1) is 11.9. The maximum atomic E-state index is 5.71. The summed E-state index contributed by atoms with van der Waals surface area (Å²) < 4.78 is 10.8. The highest BCUT2D eigenvalue weighted by atomic mass is 32.2. The van der Waals surface area contributed by atoms with Crippen LogP contribution in [0, 0.1) is 0 Å². The number of aromatic nitrogens is 1. The van der Waals surface area contributed by atoms with Gasteiger partial charge >= 0.3 is 0 Å². The molecule has 0 aliphatic carbocycles. The summed E-state index contributed by atoms with van der Waals surface area (Å²) in [5.74, 6) is 0.828. The van der Waals surface area contributed by atoms with Crippen LogP contribution in [-0.4, -0.2) is 12.1 Å². The minimum atomic E-state index is 0.603. The molecule has 2 N–H and O–H groups in total. The molecule has 96 valence electrons. The van der Waals surface area contributed by atoms with Crippen LogP contribution in [-0.2, 0) is 0 Å². The molecule has 0 bridgehead atoms. The Kier molecular flexibility index (Phi) is 3.05. The molecule has 4 nitrogen and oxygen atoms in total. The van der Waals surface area contributed by atoms with Crippen LogP contribution in [0.4, 0.5) is 5.69 Å². The van der Waals surface area contributed by atoms with E-state index in [9.17, 15) is 0 Å². The molecule has 0 aliphatic heterocycles. The van der Waals surface area contributed by atoms with Gasteiger partial charge in [0.2, 0.25) is 0 Å². The molecule has 0 radical (unpaired) electrons. The van der Waals surface area contributed by atoms with E-state index in [4.69, 9.17) is 14.9 Å². The zero-order valence-corrected chi connectivity index (χ0v) is 11.1. The number of rotatable bonds is 3. The fraction of sp³-hybridized carbons (Fsp3) is 0.0714. The average Bonchev–Trinajstić information content (AvgIpc) is 2.81. The van der Waals surface area contributed by atoms with E-state index in [0.29, 0.717) is 16.5 Å². The second-order valence-corrected chi connectivity index (χ2v) is 5.01. The van der Waals surface area contributed by atoms with E-state index < -0.39 is 0 Å². The third-order valence-electron chi connectivity index (χ3n) is 2.66. The van der Waals surface area contributed by atoms with Gasteiger partial charge in [-0.05, 0) is 48.2 Å². The molecule has 0 fully saturated rings. The van der Waals surface area contributed by atoms with Crippen LogP contribution < -0.4 is 10.5 Å². The first-order chi connectivity index (χ1) is 9.24. The number of fused-ring (bicyclic) bond motifs is 1. The summed E-state index contributed by atoms with van der Waals surface area (Å²) in [6.07, 6.45) is 0. The highest BCUT2D eigenvalue weighted by Crippen LogP contribution is 2.31. The molecule has 2 aromatic carbocycles. The Hall–Kier alpha value is -2.14. The van der Waals surface area contributed by atoms with Crippen molar-refractivity contribution in [2.45, 2.75) is 10.1 Å². The molecule has 0 aliphatic rings. The van der Waals surface area contributed by atoms with Crippen LogP contribution in [0.15, 0.2) is 57.0 Å². The summed E-state index contributed by atoms with van der Waals surface area (Å²) in [4.78, 5) is 5.44. The minimum Gasteiger partial charge on any atom is -0.497 e. The molecule has 19 heavy (non-hydrogen) atoms. The van der Waals surface area contributed by atoms with Crippen molar-refractivity contribution in [2.75, 3.05) is 12.8 Å². The number of anilines is 1. The molecular formula is C14H12N2O2S. The van der Waals surface area contributed by atoms with Crippen LogP contribution in [0.3, 0.4) is 0 Å². The van der Waals surface area contributed by atoms with Gasteiger partial charge in [0.1, 0.15) is 11.3 Å². The summed E-state index contributed by atoms with van der Waals surface area (Å²) in [5, 5.41) is 0.603. The predicted octanol–water partition coefficient (Wildman–Crippen LogP) is 3.57. The van der Waals surface area contributed by atoms with Gasteiger partial charge in [0.25, 0.3) is 5.22 Å². The maximum absolute atomic E-state index is 5.71. The molecule has 3 aromatic rings. The van der Waals surface area contributed by atoms with Crippen molar-refractivity contribution in [2.24, 2.45) is 0 Å². The van der Waals surface area contributed by atoms with Crippen molar-refractivity contribution in [3.63, 3.8) is 0 Å². The summed E-state index contributed by atoms with van der Waals surface area (Å²) in [5.41, 5.74) is 7.90. The lowest BCUT2D eigenvalue weighted by Gasteiger charge is -2.00. The van der Waals surface area contributed by atoms with Crippen LogP contribution in [0.1, 0.15) is 0 Å². The number of nitrogens with zero attached hydrogens (tertiary/aromatic N) is 1. The first-order valence-electron chi connectivity index (χ1n) is 5.72.